The summed E-state index contributed by atoms with van der Waals surface area (Å²) < 4.78 is 31.7. The first kappa shape index (κ1) is 15.0. The second-order valence-corrected chi connectivity index (χ2v) is 6.81. The van der Waals surface area contributed by atoms with Crippen LogP contribution in [-0.2, 0) is 14.8 Å². The second kappa shape index (κ2) is 6.37. The Bertz CT molecular complexity index is 594. The van der Waals surface area contributed by atoms with Crippen LogP contribution in [0.5, 0.6) is 0 Å². The summed E-state index contributed by atoms with van der Waals surface area (Å²) in [6, 6.07) is 6.87. The number of nitrogens with zero attached hydrogens (tertiary/aromatic N) is 1. The van der Waals surface area contributed by atoms with Gasteiger partial charge in [-0.2, -0.15) is 0 Å². The first-order chi connectivity index (χ1) is 9.50. The molecule has 0 saturated heterocycles. The zero-order valence-electron chi connectivity index (χ0n) is 11.8. The van der Waals surface area contributed by atoms with Gasteiger partial charge in [0, 0.05) is 25.3 Å². The highest BCUT2D eigenvalue weighted by molar-refractivity contribution is 7.90. The molecular formula is C14H20N2O3S. The van der Waals surface area contributed by atoms with Crippen molar-refractivity contribution in [3.05, 3.63) is 29.8 Å². The third-order valence-corrected chi connectivity index (χ3v) is 4.23. The summed E-state index contributed by atoms with van der Waals surface area (Å²) in [6.45, 7) is 6.13. The molecule has 0 unspecified atom stereocenters. The van der Waals surface area contributed by atoms with Crippen LogP contribution >= 0.6 is 0 Å². The van der Waals surface area contributed by atoms with E-state index in [2.05, 4.69) is 23.6 Å². The van der Waals surface area contributed by atoms with E-state index in [4.69, 9.17) is 4.74 Å². The molecule has 1 N–H and O–H groups in total. The maximum absolute atomic E-state index is 11.9. The number of hydrogen-bond acceptors (Lipinski definition) is 4. The van der Waals surface area contributed by atoms with E-state index in [9.17, 15) is 8.42 Å². The van der Waals surface area contributed by atoms with Gasteiger partial charge < -0.3 is 4.74 Å². The SMILES string of the molecule is CC(C)COCCCN=C1NS(=O)(=O)c2ccccc21. The average Bonchev–Trinajstić information content (AvgIpc) is 2.66. The molecule has 1 aliphatic rings. The fourth-order valence-corrected chi connectivity index (χ4v) is 3.18. The number of rotatable bonds is 6. The van der Waals surface area contributed by atoms with Crippen molar-refractivity contribution >= 4 is 15.9 Å². The number of hydrogen-bond donors (Lipinski definition) is 1. The van der Waals surface area contributed by atoms with E-state index >= 15 is 0 Å². The molecule has 1 aromatic carbocycles. The number of sulfonamides is 1. The van der Waals surface area contributed by atoms with Crippen molar-refractivity contribution in [1.82, 2.24) is 4.72 Å². The molecule has 0 amide bonds. The highest BCUT2D eigenvalue weighted by atomic mass is 32.2. The lowest BCUT2D eigenvalue weighted by atomic mass is 10.2. The van der Waals surface area contributed by atoms with Gasteiger partial charge in [-0.05, 0) is 24.5 Å². The molecule has 0 atom stereocenters. The summed E-state index contributed by atoms with van der Waals surface area (Å²) in [4.78, 5) is 4.62. The van der Waals surface area contributed by atoms with Crippen LogP contribution in [0.3, 0.4) is 0 Å². The first-order valence-electron chi connectivity index (χ1n) is 6.75. The predicted octanol–water partition coefficient (Wildman–Crippen LogP) is 1.79. The Morgan fingerprint density at radius 3 is 2.80 bits per heavy atom. The molecule has 0 aromatic heterocycles. The monoisotopic (exact) mass is 296 g/mol. The van der Waals surface area contributed by atoms with Crippen LogP contribution in [0.15, 0.2) is 34.2 Å². The largest absolute Gasteiger partial charge is 0.381 e. The summed E-state index contributed by atoms with van der Waals surface area (Å²) >= 11 is 0. The molecule has 1 aromatic rings. The lowest BCUT2D eigenvalue weighted by molar-refractivity contribution is 0.109. The van der Waals surface area contributed by atoms with Crippen molar-refractivity contribution < 1.29 is 13.2 Å². The molecule has 1 heterocycles. The van der Waals surface area contributed by atoms with Crippen LogP contribution in [0.4, 0.5) is 0 Å². The van der Waals surface area contributed by atoms with Crippen LogP contribution in [-0.4, -0.2) is 34.0 Å². The van der Waals surface area contributed by atoms with Gasteiger partial charge >= 0.3 is 0 Å². The van der Waals surface area contributed by atoms with Crippen molar-refractivity contribution in [3.8, 4) is 0 Å². The minimum Gasteiger partial charge on any atom is -0.381 e. The van der Waals surface area contributed by atoms with Gasteiger partial charge in [0.1, 0.15) is 5.84 Å². The first-order valence-corrected chi connectivity index (χ1v) is 8.23. The van der Waals surface area contributed by atoms with Gasteiger partial charge in [0.25, 0.3) is 10.0 Å². The summed E-state index contributed by atoms with van der Waals surface area (Å²) in [7, 11) is -3.43. The van der Waals surface area contributed by atoms with E-state index in [0.717, 1.165) is 13.0 Å². The molecular weight excluding hydrogens is 276 g/mol. The van der Waals surface area contributed by atoms with Gasteiger partial charge in [-0.25, -0.2) is 8.42 Å². The predicted molar refractivity (Wildman–Crippen MR) is 78.4 cm³/mol. The van der Waals surface area contributed by atoms with Crippen LogP contribution in [0, 0.1) is 5.92 Å². The third-order valence-electron chi connectivity index (χ3n) is 2.83. The van der Waals surface area contributed by atoms with E-state index < -0.39 is 10.0 Å². The molecule has 0 spiro atoms. The lowest BCUT2D eigenvalue weighted by Gasteiger charge is -2.05. The van der Waals surface area contributed by atoms with E-state index in [-0.39, 0.29) is 0 Å². The topological polar surface area (TPSA) is 67.8 Å². The highest BCUT2D eigenvalue weighted by Crippen LogP contribution is 2.22. The molecule has 5 nitrogen and oxygen atoms in total. The molecule has 110 valence electrons. The molecule has 2 rings (SSSR count). The molecule has 0 radical (unpaired) electrons. The Morgan fingerprint density at radius 1 is 1.30 bits per heavy atom. The number of benzene rings is 1. The molecule has 20 heavy (non-hydrogen) atoms. The number of aliphatic imine (C=N–C) groups is 1. The van der Waals surface area contributed by atoms with E-state index in [0.29, 0.717) is 35.4 Å². The molecule has 1 aliphatic heterocycles. The Kier molecular flexibility index (Phi) is 4.77. The zero-order valence-corrected chi connectivity index (χ0v) is 12.6. The molecule has 0 saturated carbocycles. The van der Waals surface area contributed by atoms with Crippen molar-refractivity contribution in [1.29, 1.82) is 0 Å². The maximum Gasteiger partial charge on any atom is 0.263 e. The summed E-state index contributed by atoms with van der Waals surface area (Å²) in [5, 5.41) is 0. The van der Waals surface area contributed by atoms with Gasteiger partial charge in [-0.15, -0.1) is 0 Å². The minimum atomic E-state index is -3.43. The summed E-state index contributed by atoms with van der Waals surface area (Å²) in [5.74, 6) is 0.958. The fourth-order valence-electron chi connectivity index (χ4n) is 1.93. The van der Waals surface area contributed by atoms with Crippen molar-refractivity contribution in [2.75, 3.05) is 19.8 Å². The number of fused-ring (bicyclic) bond motifs is 1. The van der Waals surface area contributed by atoms with Crippen LogP contribution in [0.1, 0.15) is 25.8 Å². The lowest BCUT2D eigenvalue weighted by Crippen LogP contribution is -2.22. The Hall–Kier alpha value is -1.40. The molecule has 0 fully saturated rings. The number of ether oxygens (including phenoxy) is 1. The Balaban J connectivity index is 1.93. The van der Waals surface area contributed by atoms with E-state index in [1.54, 1.807) is 18.2 Å². The smallest absolute Gasteiger partial charge is 0.263 e. The van der Waals surface area contributed by atoms with Crippen molar-refractivity contribution in [2.45, 2.75) is 25.2 Å². The van der Waals surface area contributed by atoms with Gasteiger partial charge in [0.05, 0.1) is 4.90 Å². The molecule has 0 bridgehead atoms. The Labute approximate surface area is 120 Å². The normalized spacial score (nSPS) is 18.2. The fraction of sp³-hybridized carbons (Fsp3) is 0.500. The van der Waals surface area contributed by atoms with E-state index in [1.807, 2.05) is 6.07 Å². The van der Waals surface area contributed by atoms with Gasteiger partial charge in [-0.1, -0.05) is 26.0 Å². The average molecular weight is 296 g/mol. The second-order valence-electron chi connectivity index (χ2n) is 5.15. The van der Waals surface area contributed by atoms with Crippen LogP contribution < -0.4 is 4.72 Å². The maximum atomic E-state index is 11.9. The number of amidine groups is 1. The van der Waals surface area contributed by atoms with E-state index in [1.165, 1.54) is 0 Å². The van der Waals surface area contributed by atoms with Crippen molar-refractivity contribution in [2.24, 2.45) is 10.9 Å². The Morgan fingerprint density at radius 2 is 2.05 bits per heavy atom. The van der Waals surface area contributed by atoms with Gasteiger partial charge in [0.15, 0.2) is 0 Å². The summed E-state index contributed by atoms with van der Waals surface area (Å²) in [6.07, 6.45) is 0.778. The van der Waals surface area contributed by atoms with Gasteiger partial charge in [-0.3, -0.25) is 9.71 Å². The van der Waals surface area contributed by atoms with Crippen LogP contribution in [0.2, 0.25) is 0 Å². The molecule has 0 aliphatic carbocycles. The quantitative estimate of drug-likeness (QED) is 0.814. The zero-order chi connectivity index (χ0) is 14.6. The number of nitrogens with one attached hydrogen (secondary N) is 1. The molecule has 6 heteroatoms. The van der Waals surface area contributed by atoms with Gasteiger partial charge in [0.2, 0.25) is 0 Å². The standard InChI is InChI=1S/C14H20N2O3S/c1-11(2)10-19-9-5-8-15-14-12-6-3-4-7-13(12)20(17,18)16-14/h3-4,6-7,11H,5,8-10H2,1-2H3,(H,15,16). The van der Waals surface area contributed by atoms with Crippen LogP contribution in [0.25, 0.3) is 0 Å². The highest BCUT2D eigenvalue weighted by Gasteiger charge is 2.29. The third kappa shape index (κ3) is 3.58. The summed E-state index contributed by atoms with van der Waals surface area (Å²) in [5.41, 5.74) is 0.649. The minimum absolute atomic E-state index is 0.301. The van der Waals surface area contributed by atoms with Crippen molar-refractivity contribution in [3.63, 3.8) is 0 Å².